The maximum atomic E-state index is 11.6. The third-order valence-corrected chi connectivity index (χ3v) is 2.53. The molecule has 86 valence electrons. The van der Waals surface area contributed by atoms with Crippen LogP contribution in [-0.2, 0) is 9.59 Å². The number of hydrogen-bond donors (Lipinski definition) is 3. The van der Waals surface area contributed by atoms with Crippen LogP contribution in [0.3, 0.4) is 0 Å². The Balaban J connectivity index is 2.70. The number of hydrogen-bond acceptors (Lipinski definition) is 4. The van der Waals surface area contributed by atoms with Crippen LogP contribution in [0.4, 0.5) is 0 Å². The first-order valence-electron chi connectivity index (χ1n) is 4.84. The van der Waals surface area contributed by atoms with E-state index in [9.17, 15) is 14.7 Å². The van der Waals surface area contributed by atoms with Crippen LogP contribution in [-0.4, -0.2) is 56.9 Å². The van der Waals surface area contributed by atoms with Gasteiger partial charge < -0.3 is 20.2 Å². The Kier molecular flexibility index (Phi) is 3.65. The molecule has 0 aromatic carbocycles. The minimum absolute atomic E-state index is 0.319. The summed E-state index contributed by atoms with van der Waals surface area (Å²) in [5.74, 6) is -1.78. The van der Waals surface area contributed by atoms with E-state index in [-0.39, 0.29) is 0 Å². The second kappa shape index (κ2) is 4.59. The Labute approximate surface area is 87.1 Å². The maximum Gasteiger partial charge on any atom is 0.326 e. The van der Waals surface area contributed by atoms with Gasteiger partial charge in [-0.05, 0) is 19.8 Å². The lowest BCUT2D eigenvalue weighted by Gasteiger charge is -2.25. The summed E-state index contributed by atoms with van der Waals surface area (Å²) in [6.07, 6.45) is -1.72. The van der Waals surface area contributed by atoms with Gasteiger partial charge in [0.2, 0.25) is 0 Å². The van der Waals surface area contributed by atoms with Crippen LogP contribution in [0.25, 0.3) is 0 Å². The number of carbonyl (C=O) groups is 2. The molecule has 1 saturated heterocycles. The topological polar surface area (TPSA) is 98.1 Å². The molecule has 1 aliphatic heterocycles. The average molecular weight is 217 g/mol. The Bertz CT molecular complexity index is 265. The Morgan fingerprint density at radius 3 is 2.47 bits per heavy atom. The largest absolute Gasteiger partial charge is 0.480 e. The average Bonchev–Trinajstić information content (AvgIpc) is 2.63. The third-order valence-electron chi connectivity index (χ3n) is 2.53. The second-order valence-corrected chi connectivity index (χ2v) is 3.71. The number of likely N-dealkylation sites (tertiary alicyclic amines) is 1. The fraction of sp³-hybridized carbons (Fsp3) is 0.778. The zero-order valence-electron chi connectivity index (χ0n) is 8.46. The molecule has 15 heavy (non-hydrogen) atoms. The van der Waals surface area contributed by atoms with E-state index < -0.39 is 30.1 Å². The van der Waals surface area contributed by atoms with Crippen molar-refractivity contribution in [2.75, 3.05) is 6.54 Å². The van der Waals surface area contributed by atoms with E-state index in [4.69, 9.17) is 10.2 Å². The fourth-order valence-electron chi connectivity index (χ4n) is 1.66. The number of aliphatic carboxylic acids is 1. The molecule has 3 atom stereocenters. The number of nitrogens with zero attached hydrogens (tertiary/aromatic N) is 1. The highest BCUT2D eigenvalue weighted by Gasteiger charge is 2.37. The van der Waals surface area contributed by atoms with E-state index in [1.807, 2.05) is 0 Å². The normalized spacial score (nSPS) is 25.0. The minimum atomic E-state index is -1.54. The molecule has 1 rings (SSSR count). The number of carbonyl (C=O) groups excluding carboxylic acids is 1. The van der Waals surface area contributed by atoms with Crippen LogP contribution < -0.4 is 0 Å². The van der Waals surface area contributed by atoms with E-state index in [1.54, 1.807) is 0 Å². The molecule has 1 aliphatic rings. The van der Waals surface area contributed by atoms with Gasteiger partial charge in [-0.25, -0.2) is 4.79 Å². The van der Waals surface area contributed by atoms with Gasteiger partial charge in [-0.3, -0.25) is 4.79 Å². The highest BCUT2D eigenvalue weighted by molar-refractivity contribution is 5.87. The summed E-state index contributed by atoms with van der Waals surface area (Å²) in [7, 11) is 0. The van der Waals surface area contributed by atoms with Crippen LogP contribution in [0.15, 0.2) is 0 Å². The molecule has 3 N–H and O–H groups in total. The van der Waals surface area contributed by atoms with Crippen molar-refractivity contribution in [3.05, 3.63) is 0 Å². The summed E-state index contributed by atoms with van der Waals surface area (Å²) in [6.45, 7) is 1.61. The van der Waals surface area contributed by atoms with Gasteiger partial charge in [0.15, 0.2) is 6.10 Å². The van der Waals surface area contributed by atoms with Crippen molar-refractivity contribution in [3.8, 4) is 0 Å². The molecule has 0 saturated carbocycles. The van der Waals surface area contributed by atoms with Crippen molar-refractivity contribution in [1.29, 1.82) is 0 Å². The molecule has 1 fully saturated rings. The van der Waals surface area contributed by atoms with Gasteiger partial charge in [0.25, 0.3) is 5.91 Å². The lowest BCUT2D eigenvalue weighted by Crippen LogP contribution is -2.48. The zero-order valence-corrected chi connectivity index (χ0v) is 8.46. The first kappa shape index (κ1) is 11.9. The van der Waals surface area contributed by atoms with Crippen LogP contribution >= 0.6 is 0 Å². The molecule has 0 radical (unpaired) electrons. The van der Waals surface area contributed by atoms with Crippen LogP contribution in [0, 0.1) is 0 Å². The predicted molar refractivity (Wildman–Crippen MR) is 50.1 cm³/mol. The fourth-order valence-corrected chi connectivity index (χ4v) is 1.66. The van der Waals surface area contributed by atoms with Gasteiger partial charge in [-0.2, -0.15) is 0 Å². The predicted octanol–water partition coefficient (Wildman–Crippen LogP) is -1.20. The first-order valence-corrected chi connectivity index (χ1v) is 4.84. The molecule has 0 bridgehead atoms. The number of amides is 1. The van der Waals surface area contributed by atoms with E-state index >= 15 is 0 Å². The highest BCUT2D eigenvalue weighted by atomic mass is 16.4. The van der Waals surface area contributed by atoms with E-state index in [1.165, 1.54) is 6.92 Å². The van der Waals surface area contributed by atoms with Crippen LogP contribution in [0.5, 0.6) is 0 Å². The summed E-state index contributed by atoms with van der Waals surface area (Å²) < 4.78 is 0. The molecule has 6 nitrogen and oxygen atoms in total. The summed E-state index contributed by atoms with van der Waals surface area (Å²) in [5.41, 5.74) is 0. The van der Waals surface area contributed by atoms with Crippen molar-refractivity contribution in [2.45, 2.75) is 38.0 Å². The molecule has 1 amide bonds. The van der Waals surface area contributed by atoms with Gasteiger partial charge in [-0.15, -0.1) is 0 Å². The van der Waals surface area contributed by atoms with Crippen molar-refractivity contribution < 1.29 is 24.9 Å². The lowest BCUT2D eigenvalue weighted by atomic mass is 10.1. The van der Waals surface area contributed by atoms with Crippen molar-refractivity contribution in [3.63, 3.8) is 0 Å². The number of carboxylic acid groups (broad SMARTS) is 1. The quantitative estimate of drug-likeness (QED) is 0.552. The molecular formula is C9H15NO5. The molecule has 1 heterocycles. The second-order valence-electron chi connectivity index (χ2n) is 3.71. The van der Waals surface area contributed by atoms with E-state index in [2.05, 4.69) is 0 Å². The maximum absolute atomic E-state index is 11.6. The summed E-state index contributed by atoms with van der Waals surface area (Å²) >= 11 is 0. The molecule has 0 spiro atoms. The van der Waals surface area contributed by atoms with Gasteiger partial charge >= 0.3 is 5.97 Å². The Morgan fingerprint density at radius 2 is 2.00 bits per heavy atom. The van der Waals surface area contributed by atoms with Gasteiger partial charge in [0.05, 0.1) is 6.10 Å². The number of aliphatic hydroxyl groups excluding tert-OH is 2. The monoisotopic (exact) mass is 217 g/mol. The van der Waals surface area contributed by atoms with E-state index in [0.717, 1.165) is 4.90 Å². The van der Waals surface area contributed by atoms with Crippen LogP contribution in [0.2, 0.25) is 0 Å². The molecular weight excluding hydrogens is 202 g/mol. The van der Waals surface area contributed by atoms with Crippen LogP contribution in [0.1, 0.15) is 19.8 Å². The lowest BCUT2D eigenvalue weighted by molar-refractivity contribution is -0.155. The molecule has 6 heteroatoms. The van der Waals surface area contributed by atoms with Crippen molar-refractivity contribution in [1.82, 2.24) is 4.90 Å². The van der Waals surface area contributed by atoms with E-state index in [0.29, 0.717) is 19.4 Å². The zero-order chi connectivity index (χ0) is 11.6. The van der Waals surface area contributed by atoms with Crippen molar-refractivity contribution in [2.24, 2.45) is 0 Å². The SMILES string of the molecule is C[C@@H](O)[C@H](O)C(=O)N1CCC[C@@H]1C(=O)O. The van der Waals surface area contributed by atoms with Gasteiger partial charge in [0, 0.05) is 6.54 Å². The Morgan fingerprint density at radius 1 is 1.40 bits per heavy atom. The number of rotatable bonds is 3. The molecule has 0 aliphatic carbocycles. The number of aliphatic hydroxyl groups is 2. The summed E-state index contributed by atoms with van der Waals surface area (Å²) in [4.78, 5) is 23.4. The minimum Gasteiger partial charge on any atom is -0.480 e. The highest BCUT2D eigenvalue weighted by Crippen LogP contribution is 2.19. The molecule has 0 aromatic rings. The van der Waals surface area contributed by atoms with Crippen molar-refractivity contribution >= 4 is 11.9 Å². The summed E-state index contributed by atoms with van der Waals surface area (Å²) in [6, 6.07) is -0.870. The smallest absolute Gasteiger partial charge is 0.326 e. The standard InChI is InChI=1S/C9H15NO5/c1-5(11)7(12)8(13)10-4-2-3-6(10)9(14)15/h5-7,11-12H,2-4H2,1H3,(H,14,15)/t5-,6-,7+/m1/s1. The first-order chi connectivity index (χ1) is 6.95. The molecule has 0 unspecified atom stereocenters. The summed E-state index contributed by atoms with van der Waals surface area (Å²) in [5, 5.41) is 27.2. The third kappa shape index (κ3) is 2.45. The number of carboxylic acids is 1. The Hall–Kier alpha value is -1.14. The molecule has 0 aromatic heterocycles. The van der Waals surface area contributed by atoms with Gasteiger partial charge in [0.1, 0.15) is 6.04 Å². The van der Waals surface area contributed by atoms with Gasteiger partial charge in [-0.1, -0.05) is 0 Å².